The zero-order chi connectivity index (χ0) is 8.97. The van der Waals surface area contributed by atoms with E-state index in [1.54, 1.807) is 0 Å². The lowest BCUT2D eigenvalue weighted by Crippen LogP contribution is -2.10. The Bertz CT molecular complexity index is 196. The highest BCUT2D eigenvalue weighted by molar-refractivity contribution is 6.07. The fourth-order valence-electron chi connectivity index (χ4n) is 1.32. The molecule has 1 saturated carbocycles. The molecule has 0 amide bonds. The van der Waals surface area contributed by atoms with Gasteiger partial charge in [0, 0.05) is 12.8 Å². The molecule has 0 saturated heterocycles. The number of carbonyl (C=O) groups is 3. The second kappa shape index (κ2) is 4.14. The first-order valence-corrected chi connectivity index (χ1v) is 4.23. The van der Waals surface area contributed by atoms with E-state index in [9.17, 15) is 14.4 Å². The van der Waals surface area contributed by atoms with Crippen molar-refractivity contribution in [3.8, 4) is 0 Å². The first-order chi connectivity index (χ1) is 5.68. The van der Waals surface area contributed by atoms with Crippen molar-refractivity contribution in [2.75, 3.05) is 0 Å². The van der Waals surface area contributed by atoms with Crippen LogP contribution in [-0.4, -0.2) is 17.3 Å². The molecule has 12 heavy (non-hydrogen) atoms. The van der Waals surface area contributed by atoms with Crippen molar-refractivity contribution in [1.82, 2.24) is 0 Å². The van der Waals surface area contributed by atoms with E-state index in [-0.39, 0.29) is 30.2 Å². The van der Waals surface area contributed by atoms with Gasteiger partial charge in [-0.05, 0) is 12.8 Å². The fourth-order valence-corrected chi connectivity index (χ4v) is 1.32. The standard InChI is InChI=1S/C9H12O3/c10-7-3-1-2-4-8(11)6-9(12)5-7/h1-6H2. The Morgan fingerprint density at radius 3 is 1.50 bits per heavy atom. The molecule has 0 radical (unpaired) electrons. The fraction of sp³-hybridized carbons (Fsp3) is 0.667. The first-order valence-electron chi connectivity index (χ1n) is 4.23. The molecule has 3 nitrogen and oxygen atoms in total. The molecule has 1 aliphatic rings. The molecule has 0 bridgehead atoms. The number of Topliss-reactive ketones (excluding diaryl/α,β-unsaturated/α-hetero) is 3. The minimum absolute atomic E-state index is 0.0188. The summed E-state index contributed by atoms with van der Waals surface area (Å²) in [5.41, 5.74) is 0. The van der Waals surface area contributed by atoms with E-state index in [0.29, 0.717) is 12.8 Å². The SMILES string of the molecule is O=C1CCCCC(=O)CC(=O)C1. The normalized spacial score (nSPS) is 21.5. The summed E-state index contributed by atoms with van der Waals surface area (Å²) in [6, 6.07) is 0. The molecule has 1 fully saturated rings. The van der Waals surface area contributed by atoms with Gasteiger partial charge in [-0.3, -0.25) is 14.4 Å². The third kappa shape index (κ3) is 2.95. The minimum atomic E-state index is -0.216. The highest BCUT2D eigenvalue weighted by atomic mass is 16.2. The van der Waals surface area contributed by atoms with Crippen molar-refractivity contribution in [3.05, 3.63) is 0 Å². The summed E-state index contributed by atoms with van der Waals surface area (Å²) in [6.07, 6.45) is 2.34. The maximum absolute atomic E-state index is 11.0. The number of hydrogen-bond acceptors (Lipinski definition) is 3. The van der Waals surface area contributed by atoms with Gasteiger partial charge in [-0.2, -0.15) is 0 Å². The van der Waals surface area contributed by atoms with E-state index in [1.165, 1.54) is 0 Å². The number of hydrogen-bond donors (Lipinski definition) is 0. The van der Waals surface area contributed by atoms with E-state index in [4.69, 9.17) is 0 Å². The lowest BCUT2D eigenvalue weighted by Gasteiger charge is -1.93. The van der Waals surface area contributed by atoms with Crippen LogP contribution in [0.5, 0.6) is 0 Å². The molecule has 0 aromatic heterocycles. The van der Waals surface area contributed by atoms with Gasteiger partial charge in [0.05, 0.1) is 12.8 Å². The van der Waals surface area contributed by atoms with Gasteiger partial charge in [0.25, 0.3) is 0 Å². The Labute approximate surface area is 71.1 Å². The highest BCUT2D eigenvalue weighted by Crippen LogP contribution is 2.09. The maximum Gasteiger partial charge on any atom is 0.147 e. The molecule has 0 aliphatic heterocycles. The van der Waals surface area contributed by atoms with Crippen LogP contribution in [0.25, 0.3) is 0 Å². The molecule has 1 rings (SSSR count). The molecule has 0 atom stereocenters. The van der Waals surface area contributed by atoms with Crippen LogP contribution in [0.2, 0.25) is 0 Å². The van der Waals surface area contributed by atoms with Gasteiger partial charge in [-0.1, -0.05) is 0 Å². The molecule has 0 N–H and O–H groups in total. The number of ketones is 3. The van der Waals surface area contributed by atoms with Crippen molar-refractivity contribution in [2.24, 2.45) is 0 Å². The van der Waals surface area contributed by atoms with Gasteiger partial charge < -0.3 is 0 Å². The molecule has 0 aromatic carbocycles. The van der Waals surface area contributed by atoms with Crippen molar-refractivity contribution in [3.63, 3.8) is 0 Å². The van der Waals surface area contributed by atoms with Crippen LogP contribution in [0.3, 0.4) is 0 Å². The van der Waals surface area contributed by atoms with Crippen LogP contribution in [0.15, 0.2) is 0 Å². The summed E-state index contributed by atoms with van der Waals surface area (Å²) in [5.74, 6) is -0.253. The van der Waals surface area contributed by atoms with Crippen LogP contribution in [0.4, 0.5) is 0 Å². The van der Waals surface area contributed by atoms with Crippen LogP contribution >= 0.6 is 0 Å². The zero-order valence-electron chi connectivity index (χ0n) is 6.97. The topological polar surface area (TPSA) is 51.2 Å². The highest BCUT2D eigenvalue weighted by Gasteiger charge is 2.15. The zero-order valence-corrected chi connectivity index (χ0v) is 6.97. The average Bonchev–Trinajstić information content (AvgIpc) is 2.01. The second-order valence-corrected chi connectivity index (χ2v) is 3.18. The van der Waals surface area contributed by atoms with Crippen LogP contribution in [0.1, 0.15) is 38.5 Å². The van der Waals surface area contributed by atoms with Gasteiger partial charge in [-0.25, -0.2) is 0 Å². The summed E-state index contributed by atoms with van der Waals surface area (Å²) >= 11 is 0. The van der Waals surface area contributed by atoms with Gasteiger partial charge in [0.15, 0.2) is 0 Å². The Morgan fingerprint density at radius 2 is 1.08 bits per heavy atom. The number of carbonyl (C=O) groups excluding carboxylic acids is 3. The van der Waals surface area contributed by atoms with Crippen molar-refractivity contribution < 1.29 is 14.4 Å². The molecule has 3 heteroatoms. The van der Waals surface area contributed by atoms with Crippen molar-refractivity contribution in [1.29, 1.82) is 0 Å². The van der Waals surface area contributed by atoms with Crippen molar-refractivity contribution >= 4 is 17.3 Å². The molecule has 0 unspecified atom stereocenters. The van der Waals surface area contributed by atoms with Crippen LogP contribution in [-0.2, 0) is 14.4 Å². The quantitative estimate of drug-likeness (QED) is 0.508. The summed E-state index contributed by atoms with van der Waals surface area (Å²) in [5, 5.41) is 0. The Morgan fingerprint density at radius 1 is 0.667 bits per heavy atom. The van der Waals surface area contributed by atoms with Crippen LogP contribution < -0.4 is 0 Å². The predicted octanol–water partition coefficient (Wildman–Crippen LogP) is 1.05. The van der Waals surface area contributed by atoms with Gasteiger partial charge in [0.2, 0.25) is 0 Å². The van der Waals surface area contributed by atoms with Crippen molar-refractivity contribution in [2.45, 2.75) is 38.5 Å². The Kier molecular flexibility index (Phi) is 3.14. The third-order valence-electron chi connectivity index (χ3n) is 1.95. The van der Waals surface area contributed by atoms with E-state index in [2.05, 4.69) is 0 Å². The van der Waals surface area contributed by atoms with E-state index >= 15 is 0 Å². The predicted molar refractivity (Wildman–Crippen MR) is 42.7 cm³/mol. The monoisotopic (exact) mass is 168 g/mol. The molecule has 0 heterocycles. The lowest BCUT2D eigenvalue weighted by atomic mass is 10.1. The first kappa shape index (κ1) is 9.10. The summed E-state index contributed by atoms with van der Waals surface area (Å²) < 4.78 is 0. The molecular weight excluding hydrogens is 156 g/mol. The third-order valence-corrected chi connectivity index (χ3v) is 1.95. The molecular formula is C9H12O3. The average molecular weight is 168 g/mol. The van der Waals surface area contributed by atoms with Crippen LogP contribution in [0, 0.1) is 0 Å². The largest absolute Gasteiger partial charge is 0.299 e. The molecule has 66 valence electrons. The van der Waals surface area contributed by atoms with Gasteiger partial charge >= 0.3 is 0 Å². The Balaban J connectivity index is 2.54. The smallest absolute Gasteiger partial charge is 0.147 e. The molecule has 0 spiro atoms. The van der Waals surface area contributed by atoms with E-state index in [1.807, 2.05) is 0 Å². The summed E-state index contributed by atoms with van der Waals surface area (Å²) in [7, 11) is 0. The van der Waals surface area contributed by atoms with Gasteiger partial charge in [0.1, 0.15) is 17.3 Å². The number of rotatable bonds is 0. The minimum Gasteiger partial charge on any atom is -0.299 e. The Hall–Kier alpha value is -0.990. The summed E-state index contributed by atoms with van der Waals surface area (Å²) in [4.78, 5) is 32.9. The maximum atomic E-state index is 11.0. The second-order valence-electron chi connectivity index (χ2n) is 3.18. The van der Waals surface area contributed by atoms with Gasteiger partial charge in [-0.15, -0.1) is 0 Å². The van der Waals surface area contributed by atoms with E-state index in [0.717, 1.165) is 12.8 Å². The lowest BCUT2D eigenvalue weighted by molar-refractivity contribution is -0.129. The molecule has 1 aliphatic carbocycles. The van der Waals surface area contributed by atoms with E-state index < -0.39 is 0 Å². The summed E-state index contributed by atoms with van der Waals surface area (Å²) in [6.45, 7) is 0. The molecule has 0 aromatic rings.